The van der Waals surface area contributed by atoms with Crippen molar-refractivity contribution >= 4 is 33.5 Å². The molecule has 0 aliphatic heterocycles. The predicted molar refractivity (Wildman–Crippen MR) is 108 cm³/mol. The molecule has 28 heavy (non-hydrogen) atoms. The van der Waals surface area contributed by atoms with Crippen LogP contribution in [0.15, 0.2) is 51.7 Å². The van der Waals surface area contributed by atoms with Gasteiger partial charge in [-0.2, -0.15) is 5.10 Å². The van der Waals surface area contributed by atoms with Gasteiger partial charge in [0.1, 0.15) is 5.52 Å². The van der Waals surface area contributed by atoms with Crippen LogP contribution in [-0.2, 0) is 6.54 Å². The van der Waals surface area contributed by atoms with Crippen molar-refractivity contribution in [2.24, 2.45) is 5.92 Å². The summed E-state index contributed by atoms with van der Waals surface area (Å²) in [4.78, 5) is 30.0. The van der Waals surface area contributed by atoms with E-state index in [1.54, 1.807) is 49.4 Å². The van der Waals surface area contributed by atoms with Crippen LogP contribution in [0, 0.1) is 12.8 Å². The van der Waals surface area contributed by atoms with Gasteiger partial charge in [-0.15, -0.1) is 0 Å². The van der Waals surface area contributed by atoms with Crippen molar-refractivity contribution < 1.29 is 9.21 Å². The summed E-state index contributed by atoms with van der Waals surface area (Å²) >= 11 is 0. The van der Waals surface area contributed by atoms with Gasteiger partial charge in [-0.05, 0) is 30.2 Å². The second-order valence-corrected chi connectivity index (χ2v) is 7.14. The minimum absolute atomic E-state index is 0.194. The third-order valence-corrected chi connectivity index (χ3v) is 4.37. The molecule has 1 amide bonds. The lowest BCUT2D eigenvalue weighted by molar-refractivity contribution is 0.102. The van der Waals surface area contributed by atoms with E-state index < -0.39 is 0 Å². The van der Waals surface area contributed by atoms with Crippen molar-refractivity contribution in [3.8, 4) is 0 Å². The zero-order chi connectivity index (χ0) is 19.8. The molecule has 0 unspecified atom stereocenters. The van der Waals surface area contributed by atoms with Crippen molar-refractivity contribution in [3.05, 3.63) is 64.4 Å². The highest BCUT2D eigenvalue weighted by Crippen LogP contribution is 2.21. The first-order valence-corrected chi connectivity index (χ1v) is 9.11. The molecule has 0 bridgehead atoms. The molecular weight excluding hydrogens is 356 g/mol. The van der Waals surface area contributed by atoms with Gasteiger partial charge in [0.2, 0.25) is 0 Å². The van der Waals surface area contributed by atoms with Gasteiger partial charge >= 0.3 is 0 Å². The summed E-state index contributed by atoms with van der Waals surface area (Å²) in [7, 11) is 0. The molecule has 0 aliphatic carbocycles. The Hall–Kier alpha value is -3.48. The quantitative estimate of drug-likeness (QED) is 0.586. The number of hydrogen-bond donors (Lipinski definition) is 1. The van der Waals surface area contributed by atoms with Gasteiger partial charge < -0.3 is 9.73 Å². The van der Waals surface area contributed by atoms with Crippen LogP contribution in [0.3, 0.4) is 0 Å². The summed E-state index contributed by atoms with van der Waals surface area (Å²) in [6.07, 6.45) is 0. The maximum absolute atomic E-state index is 13.0. The van der Waals surface area contributed by atoms with Gasteiger partial charge in [0.05, 0.1) is 5.39 Å². The second kappa shape index (κ2) is 6.92. The Morgan fingerprint density at radius 3 is 2.68 bits per heavy atom. The standard InChI is InChI=1S/C21H20N4O3/c1-12(2)11-25-21(27)16-7-5-4-6-15(16)19(24-25)20(26)23-14-8-9-18-17(10-14)22-13(3)28-18/h4-10,12H,11H2,1-3H3,(H,23,26). The van der Waals surface area contributed by atoms with E-state index >= 15 is 0 Å². The molecule has 4 rings (SSSR count). The molecule has 2 heterocycles. The van der Waals surface area contributed by atoms with Crippen molar-refractivity contribution in [1.82, 2.24) is 14.8 Å². The Morgan fingerprint density at radius 1 is 1.18 bits per heavy atom. The number of aryl methyl sites for hydroxylation is 1. The molecule has 7 nitrogen and oxygen atoms in total. The number of carbonyl (C=O) groups is 1. The third kappa shape index (κ3) is 3.26. The van der Waals surface area contributed by atoms with Crippen LogP contribution < -0.4 is 10.9 Å². The number of hydrogen-bond acceptors (Lipinski definition) is 5. The topological polar surface area (TPSA) is 90.0 Å². The van der Waals surface area contributed by atoms with Crippen LogP contribution in [0.5, 0.6) is 0 Å². The van der Waals surface area contributed by atoms with Crippen LogP contribution in [0.2, 0.25) is 0 Å². The average molecular weight is 376 g/mol. The zero-order valence-electron chi connectivity index (χ0n) is 15.9. The molecule has 2 aromatic heterocycles. The lowest BCUT2D eigenvalue weighted by atomic mass is 10.1. The van der Waals surface area contributed by atoms with Crippen molar-refractivity contribution in [2.75, 3.05) is 5.32 Å². The van der Waals surface area contributed by atoms with E-state index in [0.29, 0.717) is 40.0 Å². The Bertz CT molecular complexity index is 1250. The van der Waals surface area contributed by atoms with E-state index in [1.807, 2.05) is 13.8 Å². The Kier molecular flexibility index (Phi) is 4.43. The molecule has 0 saturated carbocycles. The molecular formula is C21H20N4O3. The highest BCUT2D eigenvalue weighted by Gasteiger charge is 2.17. The van der Waals surface area contributed by atoms with E-state index in [2.05, 4.69) is 15.4 Å². The molecule has 0 fully saturated rings. The van der Waals surface area contributed by atoms with Crippen molar-refractivity contribution in [2.45, 2.75) is 27.3 Å². The summed E-state index contributed by atoms with van der Waals surface area (Å²) in [5.74, 6) is 0.403. The smallest absolute Gasteiger partial charge is 0.276 e. The van der Waals surface area contributed by atoms with E-state index in [-0.39, 0.29) is 23.1 Å². The summed E-state index contributed by atoms with van der Waals surface area (Å²) in [6.45, 7) is 6.21. The zero-order valence-corrected chi connectivity index (χ0v) is 15.9. The van der Waals surface area contributed by atoms with E-state index in [0.717, 1.165) is 0 Å². The largest absolute Gasteiger partial charge is 0.441 e. The lowest BCUT2D eigenvalue weighted by Crippen LogP contribution is -2.29. The second-order valence-electron chi connectivity index (χ2n) is 7.14. The molecule has 142 valence electrons. The summed E-state index contributed by atoms with van der Waals surface area (Å²) in [5.41, 5.74) is 1.92. The molecule has 2 aromatic carbocycles. The first-order valence-electron chi connectivity index (χ1n) is 9.11. The molecule has 0 aliphatic rings. The van der Waals surface area contributed by atoms with Gasteiger partial charge in [-0.3, -0.25) is 9.59 Å². The maximum atomic E-state index is 13.0. The highest BCUT2D eigenvalue weighted by molar-refractivity contribution is 6.11. The van der Waals surface area contributed by atoms with E-state index in [1.165, 1.54) is 4.68 Å². The van der Waals surface area contributed by atoms with Gasteiger partial charge in [-0.25, -0.2) is 9.67 Å². The normalized spacial score (nSPS) is 11.4. The SMILES string of the molecule is Cc1nc2cc(NC(=O)c3nn(CC(C)C)c(=O)c4ccccc34)ccc2o1. The van der Waals surface area contributed by atoms with E-state index in [9.17, 15) is 9.59 Å². The fourth-order valence-corrected chi connectivity index (χ4v) is 3.18. The number of rotatable bonds is 4. The molecule has 0 atom stereocenters. The van der Waals surface area contributed by atoms with Crippen molar-refractivity contribution in [3.63, 3.8) is 0 Å². The lowest BCUT2D eigenvalue weighted by Gasteiger charge is -2.12. The number of anilines is 1. The van der Waals surface area contributed by atoms with Crippen molar-refractivity contribution in [1.29, 1.82) is 0 Å². The summed E-state index contributed by atoms with van der Waals surface area (Å²) < 4.78 is 6.83. The first-order chi connectivity index (χ1) is 13.4. The number of fused-ring (bicyclic) bond motifs is 2. The van der Waals surface area contributed by atoms with Crippen LogP contribution in [-0.4, -0.2) is 20.7 Å². The number of oxazole rings is 1. The minimum atomic E-state index is -0.381. The number of carbonyl (C=O) groups excluding carboxylic acids is 1. The number of nitrogens with one attached hydrogen (secondary N) is 1. The Balaban J connectivity index is 1.76. The van der Waals surface area contributed by atoms with E-state index in [4.69, 9.17) is 4.42 Å². The average Bonchev–Trinajstić information content (AvgIpc) is 3.03. The van der Waals surface area contributed by atoms with Crippen LogP contribution >= 0.6 is 0 Å². The van der Waals surface area contributed by atoms with Crippen LogP contribution in [0.25, 0.3) is 21.9 Å². The molecule has 1 N–H and O–H groups in total. The van der Waals surface area contributed by atoms with Crippen LogP contribution in [0.1, 0.15) is 30.2 Å². The van der Waals surface area contributed by atoms with Gasteiger partial charge in [0.15, 0.2) is 17.2 Å². The fraction of sp³-hybridized carbons (Fsp3) is 0.238. The van der Waals surface area contributed by atoms with Gasteiger partial charge in [0, 0.05) is 24.5 Å². The Morgan fingerprint density at radius 2 is 1.93 bits per heavy atom. The minimum Gasteiger partial charge on any atom is -0.441 e. The monoisotopic (exact) mass is 376 g/mol. The predicted octanol–water partition coefficient (Wildman–Crippen LogP) is 3.75. The number of amides is 1. The molecule has 0 radical (unpaired) electrons. The molecule has 0 spiro atoms. The van der Waals surface area contributed by atoms with Gasteiger partial charge in [0.25, 0.3) is 11.5 Å². The highest BCUT2D eigenvalue weighted by atomic mass is 16.3. The summed E-state index contributed by atoms with van der Waals surface area (Å²) in [6, 6.07) is 12.3. The third-order valence-electron chi connectivity index (χ3n) is 4.37. The maximum Gasteiger partial charge on any atom is 0.276 e. The molecule has 0 saturated heterocycles. The van der Waals surface area contributed by atoms with Gasteiger partial charge in [-0.1, -0.05) is 32.0 Å². The number of benzene rings is 2. The Labute approximate surface area is 161 Å². The molecule has 4 aromatic rings. The fourth-order valence-electron chi connectivity index (χ4n) is 3.18. The first kappa shape index (κ1) is 17.9. The van der Waals surface area contributed by atoms with Crippen LogP contribution in [0.4, 0.5) is 5.69 Å². The summed E-state index contributed by atoms with van der Waals surface area (Å²) in [5, 5.41) is 8.22. The molecule has 7 heteroatoms. The number of nitrogens with zero attached hydrogens (tertiary/aromatic N) is 3. The number of aromatic nitrogens is 3.